The van der Waals surface area contributed by atoms with Crippen molar-refractivity contribution in [2.75, 3.05) is 32.8 Å². The molecule has 0 radical (unpaired) electrons. The Hall–Kier alpha value is -0.120. The van der Waals surface area contributed by atoms with Crippen LogP contribution in [0.25, 0.3) is 0 Å². The van der Waals surface area contributed by atoms with E-state index < -0.39 is 0 Å². The molecular formula is C13H26N2O. The van der Waals surface area contributed by atoms with Crippen molar-refractivity contribution in [2.24, 2.45) is 5.92 Å². The predicted octanol–water partition coefficient (Wildman–Crippen LogP) is 1.49. The standard InChI is InChI=1S/C13H26N2O/c1-3-13-10-16-11(2)8-15(13)9-12-4-6-14-7-5-12/h11-14H,3-10H2,1-2H3. The molecule has 0 bridgehead atoms. The van der Waals surface area contributed by atoms with E-state index in [0.717, 1.165) is 19.1 Å². The van der Waals surface area contributed by atoms with Crippen LogP contribution in [0, 0.1) is 5.92 Å². The maximum Gasteiger partial charge on any atom is 0.0674 e. The topological polar surface area (TPSA) is 24.5 Å². The summed E-state index contributed by atoms with van der Waals surface area (Å²) in [6, 6.07) is 0.658. The Kier molecular flexibility index (Phi) is 4.62. The van der Waals surface area contributed by atoms with Crippen LogP contribution in [0.4, 0.5) is 0 Å². The second-order valence-electron chi connectivity index (χ2n) is 5.35. The van der Waals surface area contributed by atoms with Crippen LogP contribution in [0.1, 0.15) is 33.1 Å². The molecule has 2 rings (SSSR count). The maximum absolute atomic E-state index is 5.75. The van der Waals surface area contributed by atoms with E-state index in [1.807, 2.05) is 0 Å². The van der Waals surface area contributed by atoms with Gasteiger partial charge in [0.2, 0.25) is 0 Å². The Morgan fingerprint density at radius 2 is 2.06 bits per heavy atom. The fraction of sp³-hybridized carbons (Fsp3) is 1.00. The summed E-state index contributed by atoms with van der Waals surface area (Å²) in [7, 11) is 0. The molecule has 2 atom stereocenters. The monoisotopic (exact) mass is 226 g/mol. The highest BCUT2D eigenvalue weighted by Crippen LogP contribution is 2.20. The van der Waals surface area contributed by atoms with Crippen molar-refractivity contribution in [2.45, 2.75) is 45.3 Å². The highest BCUT2D eigenvalue weighted by atomic mass is 16.5. The van der Waals surface area contributed by atoms with Gasteiger partial charge in [0.1, 0.15) is 0 Å². The van der Waals surface area contributed by atoms with Gasteiger partial charge in [0.15, 0.2) is 0 Å². The number of rotatable bonds is 3. The molecule has 0 aromatic heterocycles. The molecule has 0 spiro atoms. The summed E-state index contributed by atoms with van der Waals surface area (Å²) in [6.45, 7) is 10.2. The SMILES string of the molecule is CCC1COC(C)CN1CC1CCNCC1. The van der Waals surface area contributed by atoms with Crippen molar-refractivity contribution in [3.63, 3.8) is 0 Å². The summed E-state index contributed by atoms with van der Waals surface area (Å²) >= 11 is 0. The summed E-state index contributed by atoms with van der Waals surface area (Å²) < 4.78 is 5.75. The zero-order chi connectivity index (χ0) is 11.4. The highest BCUT2D eigenvalue weighted by molar-refractivity contribution is 4.81. The van der Waals surface area contributed by atoms with Gasteiger partial charge in [0.05, 0.1) is 12.7 Å². The highest BCUT2D eigenvalue weighted by Gasteiger charge is 2.27. The molecule has 2 unspecified atom stereocenters. The minimum Gasteiger partial charge on any atom is -0.376 e. The van der Waals surface area contributed by atoms with Crippen molar-refractivity contribution in [3.8, 4) is 0 Å². The summed E-state index contributed by atoms with van der Waals surface area (Å²) in [4.78, 5) is 2.67. The van der Waals surface area contributed by atoms with Crippen LogP contribution in [0.3, 0.4) is 0 Å². The Morgan fingerprint density at radius 1 is 1.31 bits per heavy atom. The van der Waals surface area contributed by atoms with E-state index in [1.165, 1.54) is 38.9 Å². The average Bonchev–Trinajstić information content (AvgIpc) is 2.31. The third kappa shape index (κ3) is 3.19. The first-order valence-electron chi connectivity index (χ1n) is 6.86. The van der Waals surface area contributed by atoms with Crippen molar-refractivity contribution >= 4 is 0 Å². The van der Waals surface area contributed by atoms with E-state index in [2.05, 4.69) is 24.1 Å². The van der Waals surface area contributed by atoms with Gasteiger partial charge in [-0.15, -0.1) is 0 Å². The molecule has 2 heterocycles. The lowest BCUT2D eigenvalue weighted by molar-refractivity contribution is -0.0617. The zero-order valence-electron chi connectivity index (χ0n) is 10.7. The van der Waals surface area contributed by atoms with Crippen molar-refractivity contribution in [1.29, 1.82) is 0 Å². The number of nitrogens with zero attached hydrogens (tertiary/aromatic N) is 1. The van der Waals surface area contributed by atoms with Crippen LogP contribution in [-0.2, 0) is 4.74 Å². The van der Waals surface area contributed by atoms with Crippen LogP contribution in [0.5, 0.6) is 0 Å². The van der Waals surface area contributed by atoms with Gasteiger partial charge >= 0.3 is 0 Å². The second kappa shape index (κ2) is 5.99. The molecule has 0 saturated carbocycles. The predicted molar refractivity (Wildman–Crippen MR) is 66.7 cm³/mol. The number of ether oxygens (including phenoxy) is 1. The summed E-state index contributed by atoms with van der Waals surface area (Å²) in [6.07, 6.45) is 4.34. The first kappa shape index (κ1) is 12.3. The van der Waals surface area contributed by atoms with E-state index in [4.69, 9.17) is 4.74 Å². The van der Waals surface area contributed by atoms with E-state index in [9.17, 15) is 0 Å². The first-order chi connectivity index (χ1) is 7.79. The zero-order valence-corrected chi connectivity index (χ0v) is 10.7. The number of hydrogen-bond donors (Lipinski definition) is 1. The molecule has 0 amide bonds. The minimum absolute atomic E-state index is 0.421. The van der Waals surface area contributed by atoms with E-state index in [-0.39, 0.29) is 0 Å². The van der Waals surface area contributed by atoms with Crippen LogP contribution < -0.4 is 5.32 Å². The van der Waals surface area contributed by atoms with Crippen LogP contribution in [-0.4, -0.2) is 49.8 Å². The Labute approximate surface area is 99.5 Å². The smallest absolute Gasteiger partial charge is 0.0674 e. The molecule has 0 aliphatic carbocycles. The van der Waals surface area contributed by atoms with E-state index >= 15 is 0 Å². The first-order valence-corrected chi connectivity index (χ1v) is 6.86. The molecule has 2 aliphatic rings. The quantitative estimate of drug-likeness (QED) is 0.789. The lowest BCUT2D eigenvalue weighted by atomic mass is 9.96. The molecule has 2 fully saturated rings. The van der Waals surface area contributed by atoms with E-state index in [0.29, 0.717) is 12.1 Å². The number of piperidine rings is 1. The van der Waals surface area contributed by atoms with Crippen LogP contribution >= 0.6 is 0 Å². The third-order valence-electron chi connectivity index (χ3n) is 4.00. The fourth-order valence-electron chi connectivity index (χ4n) is 2.91. The molecule has 0 aromatic rings. The molecule has 2 saturated heterocycles. The number of nitrogens with one attached hydrogen (secondary N) is 1. The van der Waals surface area contributed by atoms with Gasteiger partial charge in [-0.25, -0.2) is 0 Å². The second-order valence-corrected chi connectivity index (χ2v) is 5.35. The van der Waals surface area contributed by atoms with E-state index in [1.54, 1.807) is 0 Å². The van der Waals surface area contributed by atoms with Gasteiger partial charge in [-0.1, -0.05) is 6.92 Å². The maximum atomic E-state index is 5.75. The molecule has 16 heavy (non-hydrogen) atoms. The van der Waals surface area contributed by atoms with Gasteiger partial charge in [-0.3, -0.25) is 4.90 Å². The van der Waals surface area contributed by atoms with Gasteiger partial charge < -0.3 is 10.1 Å². The number of hydrogen-bond acceptors (Lipinski definition) is 3. The molecule has 2 aliphatic heterocycles. The Balaban J connectivity index is 1.84. The van der Waals surface area contributed by atoms with Crippen molar-refractivity contribution < 1.29 is 4.74 Å². The molecule has 1 N–H and O–H groups in total. The third-order valence-corrected chi connectivity index (χ3v) is 4.00. The Bertz CT molecular complexity index is 204. The van der Waals surface area contributed by atoms with Gasteiger partial charge in [0, 0.05) is 19.1 Å². The number of morpholine rings is 1. The largest absolute Gasteiger partial charge is 0.376 e. The lowest BCUT2D eigenvalue weighted by Crippen LogP contribution is -2.50. The molecule has 3 heteroatoms. The lowest BCUT2D eigenvalue weighted by Gasteiger charge is -2.40. The molecule has 3 nitrogen and oxygen atoms in total. The summed E-state index contributed by atoms with van der Waals surface area (Å²) in [5.74, 6) is 0.903. The van der Waals surface area contributed by atoms with Crippen LogP contribution in [0.2, 0.25) is 0 Å². The fourth-order valence-corrected chi connectivity index (χ4v) is 2.91. The van der Waals surface area contributed by atoms with Gasteiger partial charge in [0.25, 0.3) is 0 Å². The molecule has 0 aromatic carbocycles. The normalized spacial score (nSPS) is 34.1. The molecule has 94 valence electrons. The van der Waals surface area contributed by atoms with Gasteiger partial charge in [-0.2, -0.15) is 0 Å². The minimum atomic E-state index is 0.421. The Morgan fingerprint density at radius 3 is 2.75 bits per heavy atom. The summed E-state index contributed by atoms with van der Waals surface area (Å²) in [5.41, 5.74) is 0. The van der Waals surface area contributed by atoms with Gasteiger partial charge in [-0.05, 0) is 45.2 Å². The van der Waals surface area contributed by atoms with Crippen molar-refractivity contribution in [1.82, 2.24) is 10.2 Å². The van der Waals surface area contributed by atoms with Crippen molar-refractivity contribution in [3.05, 3.63) is 0 Å². The molecular weight excluding hydrogens is 200 g/mol. The van der Waals surface area contributed by atoms with Crippen LogP contribution in [0.15, 0.2) is 0 Å². The summed E-state index contributed by atoms with van der Waals surface area (Å²) in [5, 5.41) is 3.44. The average molecular weight is 226 g/mol.